The lowest BCUT2D eigenvalue weighted by Crippen LogP contribution is -2.39. The van der Waals surface area contributed by atoms with E-state index in [-0.39, 0.29) is 42.3 Å². The van der Waals surface area contributed by atoms with E-state index < -0.39 is 12.1 Å². The fraction of sp³-hybridized carbons (Fsp3) is 0.467. The number of carboxylic acids is 1. The van der Waals surface area contributed by atoms with Crippen molar-refractivity contribution >= 4 is 35.1 Å². The maximum Gasteiger partial charge on any atom is 0.305 e. The van der Waals surface area contributed by atoms with Gasteiger partial charge in [-0.1, -0.05) is 44.5 Å². The lowest BCUT2D eigenvalue weighted by Gasteiger charge is -2.31. The van der Waals surface area contributed by atoms with Crippen LogP contribution >= 0.6 is 11.6 Å². The van der Waals surface area contributed by atoms with E-state index in [0.29, 0.717) is 34.9 Å². The molecule has 0 saturated heterocycles. The zero-order chi connectivity index (χ0) is 28.9. The first-order valence-electron chi connectivity index (χ1n) is 13.2. The van der Waals surface area contributed by atoms with Crippen LogP contribution < -0.4 is 5.32 Å². The minimum Gasteiger partial charge on any atom is -0.481 e. The molecule has 2 aromatic rings. The number of nitrogens with zero attached hydrogens (tertiary/aromatic N) is 2. The van der Waals surface area contributed by atoms with Gasteiger partial charge in [-0.05, 0) is 67.6 Å². The first kappa shape index (κ1) is 30.3. The Labute approximate surface area is 235 Å². The summed E-state index contributed by atoms with van der Waals surface area (Å²) in [7, 11) is 0. The third-order valence-electron chi connectivity index (χ3n) is 7.01. The smallest absolute Gasteiger partial charge is 0.305 e. The molecule has 39 heavy (non-hydrogen) atoms. The fourth-order valence-electron chi connectivity index (χ4n) is 4.29. The lowest BCUT2D eigenvalue weighted by molar-refractivity contribution is -0.136. The largest absolute Gasteiger partial charge is 0.481 e. The number of carboxylic acid groups (broad SMARTS) is 1. The van der Waals surface area contributed by atoms with Gasteiger partial charge in [-0.3, -0.25) is 19.4 Å². The van der Waals surface area contributed by atoms with Crippen LogP contribution in [0.15, 0.2) is 47.5 Å². The first-order valence-corrected chi connectivity index (χ1v) is 13.5. The van der Waals surface area contributed by atoms with Crippen molar-refractivity contribution in [1.29, 1.82) is 0 Å². The highest BCUT2D eigenvalue weighted by Crippen LogP contribution is 2.32. The maximum atomic E-state index is 13.8. The van der Waals surface area contributed by atoms with Crippen molar-refractivity contribution in [2.75, 3.05) is 13.2 Å². The second-order valence-electron chi connectivity index (χ2n) is 11.1. The second-order valence-corrected chi connectivity index (χ2v) is 11.5. The zero-order valence-electron chi connectivity index (χ0n) is 23.5. The summed E-state index contributed by atoms with van der Waals surface area (Å²) in [6.45, 7) is 12.8. The van der Waals surface area contributed by atoms with Gasteiger partial charge in [0.1, 0.15) is 11.9 Å². The Morgan fingerprint density at radius 2 is 1.82 bits per heavy atom. The second kappa shape index (κ2) is 12.7. The third-order valence-corrected chi connectivity index (χ3v) is 7.23. The van der Waals surface area contributed by atoms with Gasteiger partial charge in [0.25, 0.3) is 11.8 Å². The van der Waals surface area contributed by atoms with Crippen molar-refractivity contribution in [2.24, 2.45) is 10.4 Å². The molecule has 0 bridgehead atoms. The number of nitrogens with one attached hydrogen (secondary N) is 1. The van der Waals surface area contributed by atoms with E-state index >= 15 is 0 Å². The van der Waals surface area contributed by atoms with Gasteiger partial charge < -0.3 is 20.1 Å². The molecule has 1 heterocycles. The number of benzene rings is 2. The van der Waals surface area contributed by atoms with E-state index in [9.17, 15) is 14.4 Å². The van der Waals surface area contributed by atoms with E-state index in [1.54, 1.807) is 35.2 Å². The van der Waals surface area contributed by atoms with Crippen LogP contribution in [-0.2, 0) is 14.3 Å². The van der Waals surface area contributed by atoms with Crippen molar-refractivity contribution < 1.29 is 24.2 Å². The molecule has 8 nitrogen and oxygen atoms in total. The van der Waals surface area contributed by atoms with Gasteiger partial charge in [-0.25, -0.2) is 0 Å². The molecule has 0 fully saturated rings. The van der Waals surface area contributed by atoms with E-state index in [1.807, 2.05) is 32.9 Å². The molecule has 3 atom stereocenters. The monoisotopic (exact) mass is 555 g/mol. The molecule has 3 rings (SSSR count). The highest BCUT2D eigenvalue weighted by Gasteiger charge is 2.38. The van der Waals surface area contributed by atoms with Crippen LogP contribution in [0.3, 0.4) is 0 Å². The van der Waals surface area contributed by atoms with Crippen molar-refractivity contribution in [3.05, 3.63) is 69.7 Å². The summed E-state index contributed by atoms with van der Waals surface area (Å²) in [5.41, 5.74) is 3.25. The molecule has 1 aliphatic rings. The summed E-state index contributed by atoms with van der Waals surface area (Å²) in [5.74, 6) is -1.51. The number of halogens is 1. The SMILES string of the molecule is Cc1cc(Cl)cc(C2=NC(CCOC(C)C(C)(C)C)N(C(C)c3ccc(C(=O)NCCC(=O)O)cc3)C2=O)c1. The summed E-state index contributed by atoms with van der Waals surface area (Å²) in [5, 5.41) is 11.9. The highest BCUT2D eigenvalue weighted by atomic mass is 35.5. The number of aliphatic carboxylic acids is 1. The zero-order valence-corrected chi connectivity index (χ0v) is 24.2. The van der Waals surface area contributed by atoms with Gasteiger partial charge in [0, 0.05) is 29.1 Å². The van der Waals surface area contributed by atoms with Gasteiger partial charge >= 0.3 is 5.97 Å². The number of rotatable bonds is 11. The topological polar surface area (TPSA) is 108 Å². The Balaban J connectivity index is 1.82. The average molecular weight is 556 g/mol. The van der Waals surface area contributed by atoms with Gasteiger partial charge in [-0.15, -0.1) is 0 Å². The highest BCUT2D eigenvalue weighted by molar-refractivity contribution is 6.47. The van der Waals surface area contributed by atoms with E-state index in [1.165, 1.54) is 0 Å². The number of carbonyl (C=O) groups excluding carboxylic acids is 2. The summed E-state index contributed by atoms with van der Waals surface area (Å²) < 4.78 is 6.10. The Morgan fingerprint density at radius 3 is 2.41 bits per heavy atom. The quantitative estimate of drug-likeness (QED) is 0.385. The van der Waals surface area contributed by atoms with Crippen LogP contribution in [0.5, 0.6) is 0 Å². The van der Waals surface area contributed by atoms with Gasteiger partial charge in [0.2, 0.25) is 0 Å². The Morgan fingerprint density at radius 1 is 1.15 bits per heavy atom. The predicted octanol–water partition coefficient (Wildman–Crippen LogP) is 5.41. The molecule has 210 valence electrons. The standard InChI is InChI=1S/C30H38ClN3O5/c1-18-15-23(17-24(31)16-18)27-29(38)34(25(33-27)12-14-39-20(3)30(4,5)6)19(2)21-7-9-22(10-8-21)28(37)32-13-11-26(35)36/h7-10,15-17,19-20,25H,11-14H2,1-6H3,(H,32,37)(H,35,36). The third kappa shape index (κ3) is 7.90. The summed E-state index contributed by atoms with van der Waals surface area (Å²) in [6.07, 6.45) is -0.00278. The molecule has 0 aliphatic carbocycles. The average Bonchev–Trinajstić information content (AvgIpc) is 3.18. The van der Waals surface area contributed by atoms with Crippen molar-refractivity contribution in [3.8, 4) is 0 Å². The summed E-state index contributed by atoms with van der Waals surface area (Å²) >= 11 is 6.29. The van der Waals surface area contributed by atoms with Crippen LogP contribution in [0.1, 0.15) is 80.6 Å². The van der Waals surface area contributed by atoms with Crippen molar-refractivity contribution in [2.45, 2.75) is 72.7 Å². The molecular formula is C30H38ClN3O5. The van der Waals surface area contributed by atoms with E-state index in [2.05, 4.69) is 26.1 Å². The molecule has 0 aromatic heterocycles. The number of hydrogen-bond donors (Lipinski definition) is 2. The number of amides is 2. The molecule has 2 aromatic carbocycles. The Bertz CT molecular complexity index is 1220. The molecule has 2 amide bonds. The predicted molar refractivity (Wildman–Crippen MR) is 152 cm³/mol. The minimum atomic E-state index is -0.975. The molecule has 0 saturated carbocycles. The summed E-state index contributed by atoms with van der Waals surface area (Å²) in [4.78, 5) is 43.4. The molecule has 9 heteroatoms. The number of ether oxygens (including phenoxy) is 1. The van der Waals surface area contributed by atoms with Crippen LogP contribution in [0.2, 0.25) is 5.02 Å². The lowest BCUT2D eigenvalue weighted by atomic mass is 9.90. The van der Waals surface area contributed by atoms with Gasteiger partial charge in [-0.2, -0.15) is 0 Å². The van der Waals surface area contributed by atoms with Gasteiger partial charge in [0.15, 0.2) is 0 Å². The first-order chi connectivity index (χ1) is 18.3. The number of carbonyl (C=O) groups is 3. The molecule has 1 aliphatic heterocycles. The van der Waals surface area contributed by atoms with Crippen molar-refractivity contribution in [1.82, 2.24) is 10.2 Å². The molecule has 0 spiro atoms. The van der Waals surface area contributed by atoms with E-state index in [0.717, 1.165) is 11.1 Å². The van der Waals surface area contributed by atoms with E-state index in [4.69, 9.17) is 26.4 Å². The number of aryl methyl sites for hydroxylation is 1. The summed E-state index contributed by atoms with van der Waals surface area (Å²) in [6, 6.07) is 12.1. The maximum absolute atomic E-state index is 13.8. The Kier molecular flexibility index (Phi) is 9.91. The molecule has 0 radical (unpaired) electrons. The van der Waals surface area contributed by atoms with Crippen molar-refractivity contribution in [3.63, 3.8) is 0 Å². The normalized spacial score (nSPS) is 17.1. The minimum absolute atomic E-state index is 0.00706. The van der Waals surface area contributed by atoms with Crippen LogP contribution in [0, 0.1) is 12.3 Å². The van der Waals surface area contributed by atoms with Crippen LogP contribution in [0.25, 0.3) is 0 Å². The van der Waals surface area contributed by atoms with Gasteiger partial charge in [0.05, 0.1) is 25.2 Å². The van der Waals surface area contributed by atoms with Crippen LogP contribution in [0.4, 0.5) is 0 Å². The molecule has 3 unspecified atom stereocenters. The fourth-order valence-corrected chi connectivity index (χ4v) is 4.58. The molecule has 2 N–H and O–H groups in total. The number of aliphatic imine (C=N–C) groups is 1. The molecular weight excluding hydrogens is 518 g/mol. The van der Waals surface area contributed by atoms with Crippen LogP contribution in [-0.4, -0.2) is 58.9 Å². The number of hydrogen-bond acceptors (Lipinski definition) is 5. The Hall–Kier alpha value is -3.23.